The van der Waals surface area contributed by atoms with Gasteiger partial charge in [-0.1, -0.05) is 17.7 Å². The topological polar surface area (TPSA) is 54.4 Å². The van der Waals surface area contributed by atoms with Crippen LogP contribution >= 0.6 is 18.6 Å². The molecule has 0 aliphatic rings. The predicted octanol–water partition coefficient (Wildman–Crippen LogP) is 2.87. The molecule has 0 aromatic heterocycles. The van der Waals surface area contributed by atoms with Gasteiger partial charge in [-0.3, -0.25) is 9.36 Å². The maximum Gasteiger partial charge on any atom is 0.251 e. The highest BCUT2D eigenvalue weighted by molar-refractivity contribution is 8.58. The standard InChI is InChI=1S/C10H13O3PS/c1-6-4-7(2)9(8(3)5-6)10(11)15-14(12)13/h4-5,14H,1-3H3,(H,12,13). The first kappa shape index (κ1) is 12.5. The molecule has 0 fully saturated rings. The second-order valence-electron chi connectivity index (χ2n) is 3.43. The van der Waals surface area contributed by atoms with Gasteiger partial charge in [-0.2, -0.15) is 0 Å². The molecular weight excluding hydrogens is 231 g/mol. The van der Waals surface area contributed by atoms with Crippen LogP contribution in [0.25, 0.3) is 0 Å². The zero-order valence-electron chi connectivity index (χ0n) is 8.83. The molecule has 0 bridgehead atoms. The summed E-state index contributed by atoms with van der Waals surface area (Å²) in [6.45, 7) is 5.63. The van der Waals surface area contributed by atoms with E-state index in [1.165, 1.54) is 0 Å². The summed E-state index contributed by atoms with van der Waals surface area (Å²) < 4.78 is 10.6. The van der Waals surface area contributed by atoms with Gasteiger partial charge in [0.1, 0.15) is 0 Å². The third kappa shape index (κ3) is 3.20. The van der Waals surface area contributed by atoms with Gasteiger partial charge < -0.3 is 4.89 Å². The predicted molar refractivity (Wildman–Crippen MR) is 63.8 cm³/mol. The van der Waals surface area contributed by atoms with Crippen LogP contribution in [-0.4, -0.2) is 10.0 Å². The van der Waals surface area contributed by atoms with E-state index in [-0.39, 0.29) is 5.12 Å². The molecule has 15 heavy (non-hydrogen) atoms. The molecule has 1 aromatic carbocycles. The van der Waals surface area contributed by atoms with Crippen LogP contribution in [0.4, 0.5) is 0 Å². The maximum atomic E-state index is 11.6. The highest BCUT2D eigenvalue weighted by Gasteiger charge is 2.15. The number of carbonyl (C=O) groups excluding carboxylic acids is 1. The van der Waals surface area contributed by atoms with E-state index in [1.807, 2.05) is 32.9 Å². The Morgan fingerprint density at radius 3 is 2.13 bits per heavy atom. The zero-order valence-corrected chi connectivity index (χ0v) is 10.6. The molecule has 0 heterocycles. The largest absolute Gasteiger partial charge is 0.339 e. The minimum Gasteiger partial charge on any atom is -0.339 e. The van der Waals surface area contributed by atoms with Gasteiger partial charge in [-0.05, 0) is 31.9 Å². The van der Waals surface area contributed by atoms with Gasteiger partial charge >= 0.3 is 0 Å². The van der Waals surface area contributed by atoms with Crippen molar-refractivity contribution < 1.29 is 14.3 Å². The number of hydrogen-bond acceptors (Lipinski definition) is 3. The van der Waals surface area contributed by atoms with Crippen molar-refractivity contribution in [3.05, 3.63) is 34.4 Å². The smallest absolute Gasteiger partial charge is 0.251 e. The van der Waals surface area contributed by atoms with E-state index >= 15 is 0 Å². The monoisotopic (exact) mass is 244 g/mol. The number of benzene rings is 1. The minimum absolute atomic E-state index is 0.323. The van der Waals surface area contributed by atoms with Crippen LogP contribution in [0.1, 0.15) is 27.0 Å². The normalized spacial score (nSPS) is 12.5. The molecule has 0 aliphatic heterocycles. The van der Waals surface area contributed by atoms with Crippen molar-refractivity contribution in [2.45, 2.75) is 20.8 Å². The van der Waals surface area contributed by atoms with Gasteiger partial charge in [0.05, 0.1) is 0 Å². The molecule has 1 atom stereocenters. The summed E-state index contributed by atoms with van der Waals surface area (Å²) in [4.78, 5) is 20.3. The molecule has 3 nitrogen and oxygen atoms in total. The summed E-state index contributed by atoms with van der Waals surface area (Å²) in [6.07, 6.45) is 0. The zero-order chi connectivity index (χ0) is 11.6. The highest BCUT2D eigenvalue weighted by Crippen LogP contribution is 2.37. The molecule has 5 heteroatoms. The maximum absolute atomic E-state index is 11.6. The Hall–Kier alpha value is -0.570. The fourth-order valence-electron chi connectivity index (χ4n) is 1.63. The first-order valence-electron chi connectivity index (χ1n) is 4.44. The van der Waals surface area contributed by atoms with Crippen LogP contribution in [0.3, 0.4) is 0 Å². The highest BCUT2D eigenvalue weighted by atomic mass is 32.7. The quantitative estimate of drug-likeness (QED) is 0.813. The number of hydrogen-bond donors (Lipinski definition) is 1. The van der Waals surface area contributed by atoms with Crippen molar-refractivity contribution in [1.82, 2.24) is 0 Å². The van der Waals surface area contributed by atoms with Gasteiger partial charge in [0.2, 0.25) is 5.12 Å². The lowest BCUT2D eigenvalue weighted by molar-refractivity contribution is 0.108. The van der Waals surface area contributed by atoms with Crippen molar-refractivity contribution in [3.63, 3.8) is 0 Å². The van der Waals surface area contributed by atoms with E-state index in [4.69, 9.17) is 4.89 Å². The van der Waals surface area contributed by atoms with Gasteiger partial charge in [0, 0.05) is 16.9 Å². The lowest BCUT2D eigenvalue weighted by atomic mass is 10.0. The first-order valence-corrected chi connectivity index (χ1v) is 7.34. The molecule has 0 spiro atoms. The minimum atomic E-state index is -2.81. The van der Waals surface area contributed by atoms with Gasteiger partial charge in [0.25, 0.3) is 7.23 Å². The second-order valence-corrected chi connectivity index (χ2v) is 6.20. The first-order chi connectivity index (χ1) is 6.91. The molecule has 0 saturated heterocycles. The van der Waals surface area contributed by atoms with Gasteiger partial charge in [-0.15, -0.1) is 0 Å². The third-order valence-electron chi connectivity index (χ3n) is 2.06. The van der Waals surface area contributed by atoms with E-state index in [0.717, 1.165) is 16.7 Å². The van der Waals surface area contributed by atoms with E-state index in [9.17, 15) is 9.36 Å². The van der Waals surface area contributed by atoms with Crippen molar-refractivity contribution in [3.8, 4) is 0 Å². The molecule has 0 amide bonds. The van der Waals surface area contributed by atoms with Crippen LogP contribution in [0.2, 0.25) is 0 Å². The van der Waals surface area contributed by atoms with Crippen molar-refractivity contribution >= 4 is 23.7 Å². The molecule has 1 aromatic rings. The van der Waals surface area contributed by atoms with Crippen LogP contribution in [0.5, 0.6) is 0 Å². The van der Waals surface area contributed by atoms with E-state index < -0.39 is 7.23 Å². The Labute approximate surface area is 93.5 Å². The van der Waals surface area contributed by atoms with Crippen LogP contribution in [0, 0.1) is 20.8 Å². The Morgan fingerprint density at radius 2 is 1.73 bits per heavy atom. The van der Waals surface area contributed by atoms with Crippen molar-refractivity contribution in [2.75, 3.05) is 0 Å². The number of rotatable bonds is 2. The summed E-state index contributed by atoms with van der Waals surface area (Å²) >= 11 is 0.505. The molecule has 1 unspecified atom stereocenters. The number of aryl methyl sites for hydroxylation is 3. The summed E-state index contributed by atoms with van der Waals surface area (Å²) in [5.41, 5.74) is 3.35. The van der Waals surface area contributed by atoms with Crippen molar-refractivity contribution in [1.29, 1.82) is 0 Å². The second kappa shape index (κ2) is 4.97. The van der Waals surface area contributed by atoms with Gasteiger partial charge in [-0.25, -0.2) is 0 Å². The lowest BCUT2D eigenvalue weighted by Crippen LogP contribution is -2.00. The van der Waals surface area contributed by atoms with E-state index in [0.29, 0.717) is 16.9 Å². The fraction of sp³-hybridized carbons (Fsp3) is 0.300. The Kier molecular flexibility index (Phi) is 4.14. The summed E-state index contributed by atoms with van der Waals surface area (Å²) in [6, 6.07) is 3.80. The van der Waals surface area contributed by atoms with Crippen LogP contribution in [-0.2, 0) is 4.57 Å². The summed E-state index contributed by atoms with van der Waals surface area (Å²) in [5.74, 6) is 0. The summed E-state index contributed by atoms with van der Waals surface area (Å²) in [7, 11) is -2.81. The van der Waals surface area contributed by atoms with Gasteiger partial charge in [0.15, 0.2) is 0 Å². The van der Waals surface area contributed by atoms with Crippen LogP contribution in [0.15, 0.2) is 12.1 Å². The molecule has 0 saturated carbocycles. The molecule has 1 N–H and O–H groups in total. The molecule has 0 radical (unpaired) electrons. The molecule has 1 rings (SSSR count). The van der Waals surface area contributed by atoms with Crippen molar-refractivity contribution in [2.24, 2.45) is 0 Å². The summed E-state index contributed by atoms with van der Waals surface area (Å²) in [5, 5.41) is -0.323. The molecular formula is C10H13O3PS. The lowest BCUT2D eigenvalue weighted by Gasteiger charge is -2.08. The van der Waals surface area contributed by atoms with E-state index in [1.54, 1.807) is 0 Å². The Bertz CT molecular complexity index is 406. The van der Waals surface area contributed by atoms with Crippen LogP contribution < -0.4 is 0 Å². The Morgan fingerprint density at radius 1 is 1.27 bits per heavy atom. The average molecular weight is 244 g/mol. The molecule has 0 aliphatic carbocycles. The number of carbonyl (C=O) groups is 1. The average Bonchev–Trinajstić information content (AvgIpc) is 1.99. The Balaban J connectivity index is 3.14. The third-order valence-corrected chi connectivity index (χ3v) is 3.71. The fourth-order valence-corrected chi connectivity index (χ4v) is 3.00. The molecule has 82 valence electrons. The van der Waals surface area contributed by atoms with E-state index in [2.05, 4.69) is 0 Å². The SMILES string of the molecule is Cc1cc(C)c(C(=O)S[PH](=O)O)c(C)c1.